The predicted octanol–water partition coefficient (Wildman–Crippen LogP) is 5.33. The summed E-state index contributed by atoms with van der Waals surface area (Å²) in [7, 11) is 0. The number of piperazine rings is 1. The van der Waals surface area contributed by atoms with Gasteiger partial charge in [-0.3, -0.25) is 9.59 Å². The van der Waals surface area contributed by atoms with Gasteiger partial charge in [-0.25, -0.2) is 0 Å². The Morgan fingerprint density at radius 3 is 2.38 bits per heavy atom. The minimum absolute atomic E-state index is 0.0805. The van der Waals surface area contributed by atoms with Gasteiger partial charge >= 0.3 is 0 Å². The van der Waals surface area contributed by atoms with Crippen LogP contribution in [0, 0.1) is 0 Å². The van der Waals surface area contributed by atoms with Crippen molar-refractivity contribution in [2.75, 3.05) is 36.4 Å². The summed E-state index contributed by atoms with van der Waals surface area (Å²) in [4.78, 5) is 29.7. The summed E-state index contributed by atoms with van der Waals surface area (Å²) in [5.41, 5.74) is 2.78. The molecule has 0 unspecified atom stereocenters. The molecule has 2 amide bonds. The average Bonchev–Trinajstić information content (AvgIpc) is 2.84. The Kier molecular flexibility index (Phi) is 6.18. The smallest absolute Gasteiger partial charge is 0.291 e. The van der Waals surface area contributed by atoms with E-state index < -0.39 is 0 Å². The van der Waals surface area contributed by atoms with Crippen LogP contribution in [0.4, 0.5) is 11.4 Å². The monoisotopic (exact) mass is 493 g/mol. The molecule has 172 valence electrons. The second-order valence-corrected chi connectivity index (χ2v) is 8.96. The quantitative estimate of drug-likeness (QED) is 0.501. The number of rotatable bonds is 3. The molecule has 0 spiro atoms. The van der Waals surface area contributed by atoms with Gasteiger partial charge in [0.25, 0.3) is 11.8 Å². The Morgan fingerprint density at radius 2 is 1.65 bits per heavy atom. The Bertz CT molecular complexity index is 1300. The van der Waals surface area contributed by atoms with Crippen LogP contribution in [0.1, 0.15) is 15.9 Å². The van der Waals surface area contributed by atoms with Crippen LogP contribution in [-0.4, -0.2) is 42.9 Å². The van der Waals surface area contributed by atoms with Crippen molar-refractivity contribution >= 4 is 52.5 Å². The Labute approximate surface area is 207 Å². The number of hydrogen-bond donors (Lipinski definition) is 1. The van der Waals surface area contributed by atoms with E-state index in [-0.39, 0.29) is 17.6 Å². The third kappa shape index (κ3) is 4.74. The molecule has 0 bridgehead atoms. The Hall–Kier alpha value is -3.48. The molecule has 0 saturated carbocycles. The highest BCUT2D eigenvalue weighted by Crippen LogP contribution is 2.33. The van der Waals surface area contributed by atoms with E-state index in [9.17, 15) is 9.59 Å². The van der Waals surface area contributed by atoms with Crippen molar-refractivity contribution < 1.29 is 14.3 Å². The van der Waals surface area contributed by atoms with E-state index in [1.807, 2.05) is 35.2 Å². The third-order valence-electron chi connectivity index (χ3n) is 5.81. The predicted molar refractivity (Wildman–Crippen MR) is 135 cm³/mol. The number of hydrogen-bond acceptors (Lipinski definition) is 4. The zero-order chi connectivity index (χ0) is 23.7. The summed E-state index contributed by atoms with van der Waals surface area (Å²) in [6.07, 6.45) is 1.63. The van der Waals surface area contributed by atoms with Crippen LogP contribution in [0.2, 0.25) is 10.0 Å². The lowest BCUT2D eigenvalue weighted by Crippen LogP contribution is -2.48. The van der Waals surface area contributed by atoms with E-state index in [1.165, 1.54) is 0 Å². The van der Waals surface area contributed by atoms with E-state index in [0.29, 0.717) is 53.2 Å². The zero-order valence-corrected chi connectivity index (χ0v) is 19.6. The maximum absolute atomic E-state index is 13.1. The van der Waals surface area contributed by atoms with Crippen molar-refractivity contribution in [1.82, 2.24) is 4.90 Å². The van der Waals surface area contributed by atoms with E-state index in [4.69, 9.17) is 27.9 Å². The van der Waals surface area contributed by atoms with Crippen LogP contribution < -0.4 is 15.0 Å². The minimum atomic E-state index is -0.382. The van der Waals surface area contributed by atoms with Gasteiger partial charge in [-0.15, -0.1) is 0 Å². The maximum Gasteiger partial charge on any atom is 0.291 e. The highest BCUT2D eigenvalue weighted by molar-refractivity contribution is 6.31. The second kappa shape index (κ2) is 9.41. The lowest BCUT2D eigenvalue weighted by molar-refractivity contribution is -0.115. The largest absolute Gasteiger partial charge is 0.449 e. The lowest BCUT2D eigenvalue weighted by atomic mass is 10.1. The molecule has 2 aliphatic heterocycles. The highest BCUT2D eigenvalue weighted by atomic mass is 35.5. The maximum atomic E-state index is 13.1. The van der Waals surface area contributed by atoms with E-state index >= 15 is 0 Å². The molecular weight excluding hydrogens is 473 g/mol. The molecule has 0 aromatic heterocycles. The van der Waals surface area contributed by atoms with Crippen LogP contribution in [0.15, 0.2) is 72.5 Å². The molecule has 3 aromatic rings. The number of fused-ring (bicyclic) bond motifs is 1. The molecule has 3 aromatic carbocycles. The summed E-state index contributed by atoms with van der Waals surface area (Å²) >= 11 is 12.1. The van der Waals surface area contributed by atoms with Gasteiger partial charge in [-0.2, -0.15) is 0 Å². The molecule has 2 aliphatic rings. The van der Waals surface area contributed by atoms with E-state index in [0.717, 1.165) is 11.3 Å². The highest BCUT2D eigenvalue weighted by Gasteiger charge is 2.26. The Morgan fingerprint density at radius 1 is 0.912 bits per heavy atom. The lowest BCUT2D eigenvalue weighted by Gasteiger charge is -2.36. The topological polar surface area (TPSA) is 61.9 Å². The molecular formula is C26H21Cl2N3O3. The van der Waals surface area contributed by atoms with Crippen molar-refractivity contribution in [2.45, 2.75) is 0 Å². The molecule has 2 heterocycles. The van der Waals surface area contributed by atoms with Gasteiger partial charge < -0.3 is 19.9 Å². The normalized spacial score (nSPS) is 16.6. The number of benzene rings is 3. The van der Waals surface area contributed by atoms with E-state index in [1.54, 1.807) is 42.5 Å². The second-order valence-electron chi connectivity index (χ2n) is 8.09. The molecule has 5 rings (SSSR count). The number of anilines is 2. The average molecular weight is 494 g/mol. The molecule has 0 aliphatic carbocycles. The van der Waals surface area contributed by atoms with Crippen molar-refractivity contribution in [1.29, 1.82) is 0 Å². The molecule has 8 heteroatoms. The van der Waals surface area contributed by atoms with Gasteiger partial charge in [0.15, 0.2) is 11.5 Å². The van der Waals surface area contributed by atoms with Crippen LogP contribution in [-0.2, 0) is 4.79 Å². The van der Waals surface area contributed by atoms with E-state index in [2.05, 4.69) is 10.2 Å². The van der Waals surface area contributed by atoms with Gasteiger partial charge in [-0.05, 0) is 60.2 Å². The number of carbonyl (C=O) groups is 2. The van der Waals surface area contributed by atoms with Crippen molar-refractivity contribution in [3.05, 3.63) is 93.7 Å². The van der Waals surface area contributed by atoms with Crippen molar-refractivity contribution in [2.24, 2.45) is 0 Å². The molecule has 6 nitrogen and oxygen atoms in total. The number of amides is 2. The van der Waals surface area contributed by atoms with Gasteiger partial charge in [-0.1, -0.05) is 41.4 Å². The molecule has 34 heavy (non-hydrogen) atoms. The van der Waals surface area contributed by atoms with Crippen LogP contribution in [0.5, 0.6) is 5.75 Å². The third-order valence-corrected chi connectivity index (χ3v) is 6.28. The van der Waals surface area contributed by atoms with Crippen LogP contribution >= 0.6 is 23.2 Å². The molecule has 0 atom stereocenters. The SMILES string of the molecule is O=C1Nc2cc(C(=O)N3CCN(c4cccc(Cl)c4)CC3)ccc2O/C1=C/c1cccc(Cl)c1. The number of halogens is 2. The molecule has 1 N–H and O–H groups in total. The molecule has 1 fully saturated rings. The fraction of sp³-hybridized carbons (Fsp3) is 0.154. The summed E-state index contributed by atoms with van der Waals surface area (Å²) in [5, 5.41) is 4.09. The van der Waals surface area contributed by atoms with Crippen molar-refractivity contribution in [3.63, 3.8) is 0 Å². The standard InChI is InChI=1S/C26H21Cl2N3O3/c27-19-4-1-3-17(13-19)14-24-25(32)29-22-15-18(7-8-23(22)34-24)26(33)31-11-9-30(10-12-31)21-6-2-5-20(28)16-21/h1-8,13-16H,9-12H2,(H,29,32)/b24-14+. The molecule has 0 radical (unpaired) electrons. The number of nitrogens with one attached hydrogen (secondary N) is 1. The zero-order valence-electron chi connectivity index (χ0n) is 18.1. The first-order valence-corrected chi connectivity index (χ1v) is 11.6. The van der Waals surface area contributed by atoms with Gasteiger partial charge in [0.05, 0.1) is 5.69 Å². The summed E-state index contributed by atoms with van der Waals surface area (Å²) in [5.74, 6) is 0.177. The first kappa shape index (κ1) is 22.3. The first-order chi connectivity index (χ1) is 16.5. The number of nitrogens with zero attached hydrogens (tertiary/aromatic N) is 2. The number of carbonyl (C=O) groups excluding carboxylic acids is 2. The minimum Gasteiger partial charge on any atom is -0.449 e. The molecule has 1 saturated heterocycles. The van der Waals surface area contributed by atoms with Crippen molar-refractivity contribution in [3.8, 4) is 5.75 Å². The summed E-state index contributed by atoms with van der Waals surface area (Å²) < 4.78 is 5.80. The van der Waals surface area contributed by atoms with Gasteiger partial charge in [0.1, 0.15) is 0 Å². The fourth-order valence-electron chi connectivity index (χ4n) is 4.06. The summed E-state index contributed by atoms with van der Waals surface area (Å²) in [6, 6.07) is 19.9. The van der Waals surface area contributed by atoms with Crippen LogP contribution in [0.3, 0.4) is 0 Å². The number of ether oxygens (including phenoxy) is 1. The van der Waals surface area contributed by atoms with Crippen LogP contribution in [0.25, 0.3) is 6.08 Å². The Balaban J connectivity index is 1.27. The van der Waals surface area contributed by atoms with Gasteiger partial charge in [0.2, 0.25) is 0 Å². The first-order valence-electron chi connectivity index (χ1n) is 10.9. The summed E-state index contributed by atoms with van der Waals surface area (Å²) in [6.45, 7) is 2.62. The fourth-order valence-corrected chi connectivity index (χ4v) is 4.45. The van der Waals surface area contributed by atoms with Gasteiger partial charge in [0, 0.05) is 47.5 Å².